The van der Waals surface area contributed by atoms with Crippen molar-refractivity contribution < 1.29 is 4.79 Å². The zero-order valence-corrected chi connectivity index (χ0v) is 12.2. The molecule has 0 aliphatic carbocycles. The smallest absolute Gasteiger partial charge is 0.226 e. The Bertz CT molecular complexity index is 551. The molecule has 0 saturated heterocycles. The summed E-state index contributed by atoms with van der Waals surface area (Å²) in [6.45, 7) is 2.53. The number of nitrogens with two attached hydrogens (primary N) is 1. The van der Waals surface area contributed by atoms with Gasteiger partial charge in [-0.2, -0.15) is 5.10 Å². The van der Waals surface area contributed by atoms with E-state index in [-0.39, 0.29) is 18.3 Å². The molecule has 0 spiro atoms. The van der Waals surface area contributed by atoms with Crippen LogP contribution in [0, 0.1) is 6.92 Å². The van der Waals surface area contributed by atoms with Crippen molar-refractivity contribution >= 4 is 24.0 Å². The average molecular weight is 295 g/mol. The van der Waals surface area contributed by atoms with Crippen LogP contribution in [0.3, 0.4) is 0 Å². The molecule has 0 saturated carbocycles. The van der Waals surface area contributed by atoms with E-state index in [2.05, 4.69) is 15.5 Å². The molecule has 0 radical (unpaired) electrons. The van der Waals surface area contributed by atoms with E-state index in [9.17, 15) is 4.79 Å². The van der Waals surface area contributed by atoms with Gasteiger partial charge in [-0.25, -0.2) is 0 Å². The second kappa shape index (κ2) is 7.55. The van der Waals surface area contributed by atoms with Crippen LogP contribution in [0.2, 0.25) is 0 Å². The van der Waals surface area contributed by atoms with E-state index in [4.69, 9.17) is 5.73 Å². The molecule has 2 aromatic rings. The molecule has 2 rings (SSSR count). The van der Waals surface area contributed by atoms with Gasteiger partial charge in [0.05, 0.1) is 12.1 Å². The molecule has 0 aliphatic rings. The van der Waals surface area contributed by atoms with Crippen LogP contribution < -0.4 is 11.1 Å². The Hall–Kier alpha value is -2.01. The average Bonchev–Trinajstić information content (AvgIpc) is 2.77. The minimum absolute atomic E-state index is 0. The standard InChI is InChI=1S/C14H18N4O.ClH/c1-10-8-13(18-17-10)9-14(19)16-7-6-11-2-4-12(15)5-3-11;/h2-5,8H,6-7,9,15H2,1H3,(H,16,19)(H,17,18);1H. The predicted octanol–water partition coefficient (Wildman–Crippen LogP) is 1.62. The van der Waals surface area contributed by atoms with Crippen LogP contribution in [-0.4, -0.2) is 22.6 Å². The highest BCUT2D eigenvalue weighted by molar-refractivity contribution is 5.85. The van der Waals surface area contributed by atoms with Gasteiger partial charge in [0.15, 0.2) is 0 Å². The van der Waals surface area contributed by atoms with Gasteiger partial charge in [-0.3, -0.25) is 9.89 Å². The minimum atomic E-state index is -0.0121. The number of rotatable bonds is 5. The second-order valence-electron chi connectivity index (χ2n) is 4.56. The molecule has 1 heterocycles. The highest BCUT2D eigenvalue weighted by Crippen LogP contribution is 2.05. The summed E-state index contributed by atoms with van der Waals surface area (Å²) in [5.41, 5.74) is 9.25. The highest BCUT2D eigenvalue weighted by atomic mass is 35.5. The first-order valence-electron chi connectivity index (χ1n) is 6.25. The lowest BCUT2D eigenvalue weighted by molar-refractivity contribution is -0.120. The van der Waals surface area contributed by atoms with Gasteiger partial charge in [-0.05, 0) is 37.1 Å². The summed E-state index contributed by atoms with van der Waals surface area (Å²) in [6, 6.07) is 9.55. The van der Waals surface area contributed by atoms with E-state index in [1.807, 2.05) is 37.3 Å². The number of aromatic nitrogens is 2. The van der Waals surface area contributed by atoms with E-state index in [1.165, 1.54) is 0 Å². The lowest BCUT2D eigenvalue weighted by atomic mass is 10.1. The number of carbonyl (C=O) groups excluding carboxylic acids is 1. The second-order valence-corrected chi connectivity index (χ2v) is 4.56. The van der Waals surface area contributed by atoms with Crippen molar-refractivity contribution in [2.24, 2.45) is 0 Å². The van der Waals surface area contributed by atoms with E-state index in [1.54, 1.807) is 0 Å². The van der Waals surface area contributed by atoms with Gasteiger partial charge in [0.2, 0.25) is 5.91 Å². The number of aryl methyl sites for hydroxylation is 1. The number of carbonyl (C=O) groups is 1. The maximum Gasteiger partial charge on any atom is 0.226 e. The van der Waals surface area contributed by atoms with Crippen LogP contribution in [0.5, 0.6) is 0 Å². The molecular formula is C14H19ClN4O. The monoisotopic (exact) mass is 294 g/mol. The SMILES string of the molecule is Cc1cc(CC(=O)NCCc2ccc(N)cc2)n[nH]1.Cl. The van der Waals surface area contributed by atoms with Crippen molar-refractivity contribution in [1.82, 2.24) is 15.5 Å². The quantitative estimate of drug-likeness (QED) is 0.733. The van der Waals surface area contributed by atoms with Crippen molar-refractivity contribution in [2.75, 3.05) is 12.3 Å². The molecule has 1 amide bonds. The lowest BCUT2D eigenvalue weighted by Crippen LogP contribution is -2.27. The Kier molecular flexibility index (Phi) is 6.06. The maximum absolute atomic E-state index is 11.7. The van der Waals surface area contributed by atoms with Gasteiger partial charge >= 0.3 is 0 Å². The fourth-order valence-electron chi connectivity index (χ4n) is 1.82. The first-order valence-corrected chi connectivity index (χ1v) is 6.25. The number of anilines is 1. The third kappa shape index (κ3) is 4.93. The summed E-state index contributed by atoms with van der Waals surface area (Å²) in [7, 11) is 0. The molecule has 0 fully saturated rings. The number of benzene rings is 1. The van der Waals surface area contributed by atoms with Gasteiger partial charge < -0.3 is 11.1 Å². The summed E-state index contributed by atoms with van der Waals surface area (Å²) in [4.78, 5) is 11.7. The molecule has 5 nitrogen and oxygen atoms in total. The number of nitrogens with zero attached hydrogens (tertiary/aromatic N) is 1. The van der Waals surface area contributed by atoms with E-state index in [0.29, 0.717) is 13.0 Å². The summed E-state index contributed by atoms with van der Waals surface area (Å²) >= 11 is 0. The maximum atomic E-state index is 11.7. The summed E-state index contributed by atoms with van der Waals surface area (Å²) in [5.74, 6) is -0.0121. The Morgan fingerprint density at radius 1 is 1.35 bits per heavy atom. The Labute approximate surface area is 124 Å². The molecule has 1 aromatic heterocycles. The van der Waals surface area contributed by atoms with Crippen LogP contribution >= 0.6 is 12.4 Å². The van der Waals surface area contributed by atoms with E-state index < -0.39 is 0 Å². The van der Waals surface area contributed by atoms with Crippen LogP contribution in [0.25, 0.3) is 0 Å². The van der Waals surface area contributed by atoms with Crippen molar-refractivity contribution in [3.63, 3.8) is 0 Å². The fourth-order valence-corrected chi connectivity index (χ4v) is 1.82. The molecular weight excluding hydrogens is 276 g/mol. The topological polar surface area (TPSA) is 83.8 Å². The number of nitrogens with one attached hydrogen (secondary N) is 2. The summed E-state index contributed by atoms with van der Waals surface area (Å²) in [5, 5.41) is 9.73. The Balaban J connectivity index is 0.00000200. The lowest BCUT2D eigenvalue weighted by Gasteiger charge is -2.04. The molecule has 0 bridgehead atoms. The first kappa shape index (κ1) is 16.0. The first-order chi connectivity index (χ1) is 9.13. The van der Waals surface area contributed by atoms with Crippen LogP contribution in [0.4, 0.5) is 5.69 Å². The fraction of sp³-hybridized carbons (Fsp3) is 0.286. The third-order valence-corrected chi connectivity index (χ3v) is 2.82. The molecule has 6 heteroatoms. The largest absolute Gasteiger partial charge is 0.399 e. The van der Waals surface area contributed by atoms with Crippen molar-refractivity contribution in [1.29, 1.82) is 0 Å². The number of aromatic amines is 1. The Morgan fingerprint density at radius 2 is 2.05 bits per heavy atom. The van der Waals surface area contributed by atoms with E-state index >= 15 is 0 Å². The van der Waals surface area contributed by atoms with Gasteiger partial charge in [0.25, 0.3) is 0 Å². The summed E-state index contributed by atoms with van der Waals surface area (Å²) in [6.07, 6.45) is 1.11. The van der Waals surface area contributed by atoms with Crippen LogP contribution in [0.15, 0.2) is 30.3 Å². The Morgan fingerprint density at radius 3 is 2.65 bits per heavy atom. The number of H-pyrrole nitrogens is 1. The molecule has 4 N–H and O–H groups in total. The van der Waals surface area contributed by atoms with Crippen molar-refractivity contribution in [3.05, 3.63) is 47.3 Å². The molecule has 0 atom stereocenters. The molecule has 1 aromatic carbocycles. The molecule has 108 valence electrons. The third-order valence-electron chi connectivity index (χ3n) is 2.82. The zero-order valence-electron chi connectivity index (χ0n) is 11.3. The molecule has 0 unspecified atom stereocenters. The number of nitrogen functional groups attached to an aromatic ring is 1. The van der Waals surface area contributed by atoms with E-state index in [0.717, 1.165) is 29.1 Å². The number of halogens is 1. The van der Waals surface area contributed by atoms with Gasteiger partial charge in [0.1, 0.15) is 0 Å². The minimum Gasteiger partial charge on any atom is -0.399 e. The molecule has 20 heavy (non-hydrogen) atoms. The number of amides is 1. The zero-order chi connectivity index (χ0) is 13.7. The molecule has 0 aliphatic heterocycles. The van der Waals surface area contributed by atoms with Crippen molar-refractivity contribution in [3.8, 4) is 0 Å². The normalized spacial score (nSPS) is 9.85. The highest BCUT2D eigenvalue weighted by Gasteiger charge is 2.05. The van der Waals surface area contributed by atoms with Crippen LogP contribution in [-0.2, 0) is 17.6 Å². The number of hydrogen-bond donors (Lipinski definition) is 3. The van der Waals surface area contributed by atoms with Gasteiger partial charge in [0, 0.05) is 17.9 Å². The van der Waals surface area contributed by atoms with Crippen LogP contribution in [0.1, 0.15) is 17.0 Å². The van der Waals surface area contributed by atoms with Gasteiger partial charge in [-0.15, -0.1) is 12.4 Å². The van der Waals surface area contributed by atoms with Crippen molar-refractivity contribution in [2.45, 2.75) is 19.8 Å². The summed E-state index contributed by atoms with van der Waals surface area (Å²) < 4.78 is 0. The van der Waals surface area contributed by atoms with Gasteiger partial charge in [-0.1, -0.05) is 12.1 Å². The number of hydrogen-bond acceptors (Lipinski definition) is 3. The predicted molar refractivity (Wildman–Crippen MR) is 81.8 cm³/mol.